The Morgan fingerprint density at radius 2 is 1.97 bits per heavy atom. The molecule has 1 aromatic carbocycles. The van der Waals surface area contributed by atoms with E-state index in [2.05, 4.69) is 10.3 Å². The van der Waals surface area contributed by atoms with E-state index in [0.717, 1.165) is 22.3 Å². The van der Waals surface area contributed by atoms with Crippen LogP contribution in [0.3, 0.4) is 0 Å². The summed E-state index contributed by atoms with van der Waals surface area (Å²) < 4.78 is 5.31. The molecule has 3 N–H and O–H groups in total. The summed E-state index contributed by atoms with van der Waals surface area (Å²) in [4.78, 5) is 31.1. The van der Waals surface area contributed by atoms with Crippen molar-refractivity contribution in [2.45, 2.75) is 13.8 Å². The molecule has 3 rings (SSSR count). The molecule has 0 saturated carbocycles. The topological polar surface area (TPSA) is 97.5 Å². The fraction of sp³-hybridized carbons (Fsp3) is 0.261. The Balaban J connectivity index is 1.73. The molecular formula is C23H26N4O3. The van der Waals surface area contributed by atoms with Gasteiger partial charge in [0, 0.05) is 48.4 Å². The minimum absolute atomic E-state index is 0.0495. The second kappa shape index (κ2) is 9.84. The molecule has 2 aromatic rings. The van der Waals surface area contributed by atoms with Crippen LogP contribution in [0.5, 0.6) is 0 Å². The molecule has 0 atom stereocenters. The highest BCUT2D eigenvalue weighted by molar-refractivity contribution is 6.03. The van der Waals surface area contributed by atoms with Crippen molar-refractivity contribution in [1.29, 1.82) is 0 Å². The van der Waals surface area contributed by atoms with Crippen molar-refractivity contribution in [2.75, 3.05) is 31.6 Å². The molecule has 0 bridgehead atoms. The van der Waals surface area contributed by atoms with E-state index < -0.39 is 0 Å². The number of nitrogens with zero attached hydrogens (tertiary/aromatic N) is 2. The van der Waals surface area contributed by atoms with Crippen LogP contribution >= 0.6 is 0 Å². The van der Waals surface area contributed by atoms with Gasteiger partial charge < -0.3 is 20.7 Å². The first-order chi connectivity index (χ1) is 14.5. The van der Waals surface area contributed by atoms with Gasteiger partial charge in [0.1, 0.15) is 0 Å². The van der Waals surface area contributed by atoms with E-state index in [1.54, 1.807) is 35.5 Å². The second-order valence-corrected chi connectivity index (χ2v) is 7.07. The summed E-state index contributed by atoms with van der Waals surface area (Å²) in [6.45, 7) is 6.01. The molecule has 0 spiro atoms. The molecule has 0 radical (unpaired) electrons. The largest absolute Gasteiger partial charge is 0.404 e. The number of aromatic nitrogens is 1. The monoisotopic (exact) mass is 406 g/mol. The third-order valence-corrected chi connectivity index (χ3v) is 4.97. The van der Waals surface area contributed by atoms with Crippen LogP contribution in [0.25, 0.3) is 11.6 Å². The van der Waals surface area contributed by atoms with E-state index in [1.165, 1.54) is 12.3 Å². The van der Waals surface area contributed by atoms with Crippen LogP contribution in [0.2, 0.25) is 0 Å². The zero-order valence-corrected chi connectivity index (χ0v) is 17.2. The Hall–Kier alpha value is -3.45. The normalized spacial score (nSPS) is 14.7. The fourth-order valence-electron chi connectivity index (χ4n) is 3.20. The molecule has 2 amide bonds. The summed E-state index contributed by atoms with van der Waals surface area (Å²) in [6, 6.07) is 7.19. The van der Waals surface area contributed by atoms with Crippen LogP contribution in [0.1, 0.15) is 34.0 Å². The Kier molecular flexibility index (Phi) is 6.98. The van der Waals surface area contributed by atoms with Gasteiger partial charge in [-0.25, -0.2) is 0 Å². The number of aryl methyl sites for hydroxylation is 1. The Labute approximate surface area is 176 Å². The minimum atomic E-state index is -0.298. The zero-order chi connectivity index (χ0) is 21.5. The molecular weight excluding hydrogens is 380 g/mol. The number of carbonyl (C=O) groups is 2. The lowest BCUT2D eigenvalue weighted by Gasteiger charge is -2.27. The van der Waals surface area contributed by atoms with E-state index in [1.807, 2.05) is 26.0 Å². The van der Waals surface area contributed by atoms with Gasteiger partial charge in [0.05, 0.1) is 13.2 Å². The molecule has 7 nitrogen and oxygen atoms in total. The van der Waals surface area contributed by atoms with Crippen LogP contribution < -0.4 is 11.1 Å². The van der Waals surface area contributed by atoms with Crippen molar-refractivity contribution in [1.82, 2.24) is 9.88 Å². The Morgan fingerprint density at radius 1 is 1.20 bits per heavy atom. The van der Waals surface area contributed by atoms with Crippen LogP contribution in [0, 0.1) is 6.92 Å². The molecule has 156 valence electrons. The van der Waals surface area contributed by atoms with Crippen LogP contribution in [-0.2, 0) is 9.53 Å². The van der Waals surface area contributed by atoms with Gasteiger partial charge in [-0.05, 0) is 61.0 Å². The quantitative estimate of drug-likeness (QED) is 0.744. The molecule has 1 aliphatic heterocycles. The van der Waals surface area contributed by atoms with Crippen molar-refractivity contribution >= 4 is 29.2 Å². The van der Waals surface area contributed by atoms with Crippen LogP contribution in [0.15, 0.2) is 48.9 Å². The van der Waals surface area contributed by atoms with E-state index in [-0.39, 0.29) is 11.8 Å². The summed E-state index contributed by atoms with van der Waals surface area (Å²) in [5, 5.41) is 2.82. The standard InChI is InChI=1S/C23H26N4O3/c1-16-3-5-19(13-21(16)23(29)27-9-11-30-12-10-27)26-22(28)6-4-18-15-25-8-7-20(18)17(2)14-24/h3-8,13-15H,9-12,24H2,1-2H3,(H,26,28)/b6-4+,17-14+. The van der Waals surface area contributed by atoms with E-state index in [0.29, 0.717) is 37.6 Å². The van der Waals surface area contributed by atoms with Crippen LogP contribution in [0.4, 0.5) is 5.69 Å². The van der Waals surface area contributed by atoms with Crippen LogP contribution in [-0.4, -0.2) is 48.0 Å². The highest BCUT2D eigenvalue weighted by atomic mass is 16.5. The van der Waals surface area contributed by atoms with Crippen molar-refractivity contribution in [3.8, 4) is 0 Å². The highest BCUT2D eigenvalue weighted by Gasteiger charge is 2.20. The van der Waals surface area contributed by atoms with Crippen molar-refractivity contribution in [3.05, 3.63) is 71.2 Å². The molecule has 2 heterocycles. The summed E-state index contributed by atoms with van der Waals surface area (Å²) in [5.41, 5.74) is 10.2. The van der Waals surface area contributed by atoms with E-state index in [9.17, 15) is 9.59 Å². The second-order valence-electron chi connectivity index (χ2n) is 7.07. The lowest BCUT2D eigenvalue weighted by Crippen LogP contribution is -2.41. The minimum Gasteiger partial charge on any atom is -0.404 e. The maximum atomic E-state index is 12.8. The van der Waals surface area contributed by atoms with Gasteiger partial charge in [-0.2, -0.15) is 0 Å². The molecule has 1 saturated heterocycles. The maximum absolute atomic E-state index is 12.8. The molecule has 0 aliphatic carbocycles. The number of carbonyl (C=O) groups excluding carboxylic acids is 2. The highest BCUT2D eigenvalue weighted by Crippen LogP contribution is 2.20. The van der Waals surface area contributed by atoms with Gasteiger partial charge in [-0.15, -0.1) is 0 Å². The van der Waals surface area contributed by atoms with Gasteiger partial charge >= 0.3 is 0 Å². The number of anilines is 1. The van der Waals surface area contributed by atoms with Crippen molar-refractivity contribution in [2.24, 2.45) is 5.73 Å². The fourth-order valence-corrected chi connectivity index (χ4v) is 3.20. The lowest BCUT2D eigenvalue weighted by molar-refractivity contribution is -0.111. The van der Waals surface area contributed by atoms with Gasteiger partial charge in [-0.1, -0.05) is 6.07 Å². The third-order valence-electron chi connectivity index (χ3n) is 4.97. The number of hydrogen-bond donors (Lipinski definition) is 2. The first kappa shape index (κ1) is 21.3. The predicted octanol–water partition coefficient (Wildman–Crippen LogP) is 2.83. The number of nitrogens with two attached hydrogens (primary N) is 1. The molecule has 1 fully saturated rings. The van der Waals surface area contributed by atoms with E-state index in [4.69, 9.17) is 10.5 Å². The molecule has 0 unspecified atom stereocenters. The molecule has 1 aliphatic rings. The number of hydrogen-bond acceptors (Lipinski definition) is 5. The van der Waals surface area contributed by atoms with Gasteiger partial charge in [0.2, 0.25) is 5.91 Å². The first-order valence-electron chi connectivity index (χ1n) is 9.79. The average molecular weight is 406 g/mol. The molecule has 1 aromatic heterocycles. The molecule has 30 heavy (non-hydrogen) atoms. The van der Waals surface area contributed by atoms with Crippen molar-refractivity contribution in [3.63, 3.8) is 0 Å². The number of amides is 2. The number of nitrogens with one attached hydrogen (secondary N) is 1. The SMILES string of the molecule is C/C(=C\N)c1ccncc1/C=C/C(=O)Nc1ccc(C)c(C(=O)N2CCOCC2)c1. The predicted molar refractivity (Wildman–Crippen MR) is 118 cm³/mol. The Bertz CT molecular complexity index is 992. The number of morpholine rings is 1. The Morgan fingerprint density at radius 3 is 2.70 bits per heavy atom. The summed E-state index contributed by atoms with van der Waals surface area (Å²) >= 11 is 0. The lowest BCUT2D eigenvalue weighted by atomic mass is 10.0. The van der Waals surface area contributed by atoms with Gasteiger partial charge in [0.15, 0.2) is 0 Å². The number of allylic oxidation sites excluding steroid dienone is 1. The third kappa shape index (κ3) is 5.12. The number of rotatable bonds is 5. The number of pyridine rings is 1. The summed E-state index contributed by atoms with van der Waals surface area (Å²) in [7, 11) is 0. The van der Waals surface area contributed by atoms with Gasteiger partial charge in [-0.3, -0.25) is 14.6 Å². The van der Waals surface area contributed by atoms with Crippen molar-refractivity contribution < 1.29 is 14.3 Å². The smallest absolute Gasteiger partial charge is 0.254 e. The van der Waals surface area contributed by atoms with Gasteiger partial charge in [0.25, 0.3) is 5.91 Å². The number of ether oxygens (including phenoxy) is 1. The first-order valence-corrected chi connectivity index (χ1v) is 9.79. The number of benzene rings is 1. The maximum Gasteiger partial charge on any atom is 0.254 e. The summed E-state index contributed by atoms with van der Waals surface area (Å²) in [5.74, 6) is -0.348. The zero-order valence-electron chi connectivity index (χ0n) is 17.2. The van der Waals surface area contributed by atoms with E-state index >= 15 is 0 Å². The molecule has 7 heteroatoms. The summed E-state index contributed by atoms with van der Waals surface area (Å²) in [6.07, 6.45) is 8.01. The average Bonchev–Trinajstić information content (AvgIpc) is 2.78.